The van der Waals surface area contributed by atoms with Gasteiger partial charge >= 0.3 is 0 Å². The Morgan fingerprint density at radius 2 is 1.89 bits per heavy atom. The van der Waals surface area contributed by atoms with Crippen LogP contribution in [0.3, 0.4) is 0 Å². The molecule has 0 aliphatic rings. The fourth-order valence-corrected chi connectivity index (χ4v) is 2.80. The van der Waals surface area contributed by atoms with Gasteiger partial charge in [-0.2, -0.15) is 0 Å². The van der Waals surface area contributed by atoms with Gasteiger partial charge in [0.25, 0.3) is 5.91 Å². The van der Waals surface area contributed by atoms with E-state index >= 15 is 0 Å². The fourth-order valence-electron chi connectivity index (χ4n) is 1.47. The highest BCUT2D eigenvalue weighted by molar-refractivity contribution is 14.1. The van der Waals surface area contributed by atoms with Crippen molar-refractivity contribution in [2.45, 2.75) is 0 Å². The third-order valence-electron chi connectivity index (χ3n) is 2.43. The van der Waals surface area contributed by atoms with Crippen LogP contribution in [0.5, 0.6) is 0 Å². The normalized spacial score (nSPS) is 10.3. The Morgan fingerprint density at radius 1 is 1.16 bits per heavy atom. The number of carbonyl (C=O) groups is 1. The van der Waals surface area contributed by atoms with Gasteiger partial charge in [0.2, 0.25) is 0 Å². The molecule has 0 unspecified atom stereocenters. The minimum absolute atomic E-state index is 0.151. The van der Waals surface area contributed by atoms with E-state index in [-0.39, 0.29) is 5.91 Å². The second-order valence-corrected chi connectivity index (χ2v) is 6.75. The molecule has 0 saturated carbocycles. The number of nitrogen functional groups attached to an aromatic ring is 1. The molecule has 0 aliphatic heterocycles. The van der Waals surface area contributed by atoms with Crippen LogP contribution >= 0.6 is 54.5 Å². The van der Waals surface area contributed by atoms with Crippen LogP contribution in [0.2, 0.25) is 0 Å². The number of nitrogens with two attached hydrogens (primary N) is 1. The van der Waals surface area contributed by atoms with Gasteiger partial charge in [-0.1, -0.05) is 15.9 Å². The Balaban J connectivity index is 2.25. The van der Waals surface area contributed by atoms with Crippen molar-refractivity contribution in [3.63, 3.8) is 0 Å². The van der Waals surface area contributed by atoms with Crippen LogP contribution in [0, 0.1) is 3.57 Å². The molecule has 2 aromatic rings. The van der Waals surface area contributed by atoms with E-state index in [1.807, 2.05) is 12.1 Å². The molecule has 0 spiro atoms. The zero-order valence-corrected chi connectivity index (χ0v) is 14.9. The molecule has 0 bridgehead atoms. The fraction of sp³-hybridized carbons (Fsp3) is 0. The minimum Gasteiger partial charge on any atom is -0.398 e. The van der Waals surface area contributed by atoms with Crippen LogP contribution in [0.4, 0.5) is 11.4 Å². The summed E-state index contributed by atoms with van der Waals surface area (Å²) in [4.78, 5) is 12.2. The second kappa shape index (κ2) is 6.23. The first-order chi connectivity index (χ1) is 8.97. The highest BCUT2D eigenvalue weighted by Crippen LogP contribution is 2.24. The first-order valence-electron chi connectivity index (χ1n) is 5.29. The first kappa shape index (κ1) is 14.8. The molecule has 0 heterocycles. The average molecular weight is 496 g/mol. The lowest BCUT2D eigenvalue weighted by molar-refractivity contribution is 0.102. The summed E-state index contributed by atoms with van der Waals surface area (Å²) in [5.74, 6) is -0.151. The van der Waals surface area contributed by atoms with E-state index in [0.717, 1.165) is 12.5 Å². The van der Waals surface area contributed by atoms with Crippen LogP contribution < -0.4 is 11.1 Å². The summed E-state index contributed by atoms with van der Waals surface area (Å²) in [7, 11) is 0. The third-order valence-corrected chi connectivity index (χ3v) is 4.55. The summed E-state index contributed by atoms with van der Waals surface area (Å²) in [6.07, 6.45) is 0. The quantitative estimate of drug-likeness (QED) is 0.471. The van der Waals surface area contributed by atoms with Gasteiger partial charge in [0.15, 0.2) is 0 Å². The molecule has 1 amide bonds. The number of hydrogen-bond donors (Lipinski definition) is 2. The highest BCUT2D eigenvalue weighted by Gasteiger charge is 2.11. The highest BCUT2D eigenvalue weighted by atomic mass is 127. The van der Waals surface area contributed by atoms with Crippen LogP contribution in [0.15, 0.2) is 45.3 Å². The molecule has 0 aromatic heterocycles. The van der Waals surface area contributed by atoms with Gasteiger partial charge in [-0.15, -0.1) is 0 Å². The molecule has 0 atom stereocenters. The van der Waals surface area contributed by atoms with Crippen LogP contribution in [0.1, 0.15) is 10.4 Å². The smallest absolute Gasteiger partial charge is 0.256 e. The average Bonchev–Trinajstić information content (AvgIpc) is 2.36. The van der Waals surface area contributed by atoms with E-state index in [9.17, 15) is 4.79 Å². The summed E-state index contributed by atoms with van der Waals surface area (Å²) in [5.41, 5.74) is 7.67. The number of hydrogen-bond acceptors (Lipinski definition) is 2. The van der Waals surface area contributed by atoms with Crippen molar-refractivity contribution in [2.24, 2.45) is 0 Å². The SMILES string of the molecule is Nc1ccc(NC(=O)c2cc(Br)ccc2I)cc1Br. The first-order valence-corrected chi connectivity index (χ1v) is 7.95. The molecule has 0 saturated heterocycles. The summed E-state index contributed by atoms with van der Waals surface area (Å²) < 4.78 is 2.53. The van der Waals surface area contributed by atoms with E-state index in [0.29, 0.717) is 16.9 Å². The van der Waals surface area contributed by atoms with Crippen LogP contribution in [-0.4, -0.2) is 5.91 Å². The van der Waals surface area contributed by atoms with Crippen LogP contribution in [0.25, 0.3) is 0 Å². The Kier molecular flexibility index (Phi) is 4.86. The number of nitrogens with one attached hydrogen (secondary N) is 1. The lowest BCUT2D eigenvalue weighted by Crippen LogP contribution is -2.13. The number of carbonyl (C=O) groups excluding carboxylic acids is 1. The Hall–Kier alpha value is -0.600. The Bertz CT molecular complexity index is 647. The molecule has 3 N–H and O–H groups in total. The molecule has 19 heavy (non-hydrogen) atoms. The molecule has 98 valence electrons. The van der Waals surface area contributed by atoms with Crippen molar-refractivity contribution in [3.8, 4) is 0 Å². The molecule has 6 heteroatoms. The standard InChI is InChI=1S/C13H9Br2IN2O/c14-7-1-3-11(16)9(5-7)13(19)18-8-2-4-12(17)10(15)6-8/h1-6H,17H2,(H,18,19). The molecule has 2 aromatic carbocycles. The monoisotopic (exact) mass is 494 g/mol. The van der Waals surface area contributed by atoms with E-state index in [1.54, 1.807) is 24.3 Å². The predicted molar refractivity (Wildman–Crippen MR) is 93.4 cm³/mol. The maximum Gasteiger partial charge on any atom is 0.256 e. The van der Waals surface area contributed by atoms with Gasteiger partial charge in [-0.3, -0.25) is 4.79 Å². The lowest BCUT2D eigenvalue weighted by Gasteiger charge is -2.08. The van der Waals surface area contributed by atoms with E-state index in [4.69, 9.17) is 5.73 Å². The van der Waals surface area contributed by atoms with Gasteiger partial charge in [0, 0.05) is 23.9 Å². The largest absolute Gasteiger partial charge is 0.398 e. The van der Waals surface area contributed by atoms with Crippen molar-refractivity contribution in [1.29, 1.82) is 0 Å². The van der Waals surface area contributed by atoms with Crippen molar-refractivity contribution in [3.05, 3.63) is 54.5 Å². The molecular formula is C13H9Br2IN2O. The number of halogens is 3. The van der Waals surface area contributed by atoms with Crippen molar-refractivity contribution >= 4 is 71.7 Å². The molecule has 0 aliphatic carbocycles. The number of anilines is 2. The van der Waals surface area contributed by atoms with Gasteiger partial charge in [-0.25, -0.2) is 0 Å². The number of benzene rings is 2. The van der Waals surface area contributed by atoms with Crippen molar-refractivity contribution in [1.82, 2.24) is 0 Å². The second-order valence-electron chi connectivity index (χ2n) is 3.81. The van der Waals surface area contributed by atoms with E-state index in [1.165, 1.54) is 0 Å². The lowest BCUT2D eigenvalue weighted by atomic mass is 10.2. The third kappa shape index (κ3) is 3.70. The zero-order valence-electron chi connectivity index (χ0n) is 9.58. The molecular weight excluding hydrogens is 487 g/mol. The number of rotatable bonds is 2. The van der Waals surface area contributed by atoms with Gasteiger partial charge in [0.05, 0.1) is 5.56 Å². The summed E-state index contributed by atoms with van der Waals surface area (Å²) in [6, 6.07) is 10.9. The summed E-state index contributed by atoms with van der Waals surface area (Å²) in [6.45, 7) is 0. The number of amides is 1. The summed E-state index contributed by atoms with van der Waals surface area (Å²) in [5, 5.41) is 2.84. The molecule has 3 nitrogen and oxygen atoms in total. The van der Waals surface area contributed by atoms with E-state index < -0.39 is 0 Å². The van der Waals surface area contributed by atoms with Crippen molar-refractivity contribution in [2.75, 3.05) is 11.1 Å². The van der Waals surface area contributed by atoms with E-state index in [2.05, 4.69) is 59.8 Å². The molecule has 0 radical (unpaired) electrons. The molecule has 2 rings (SSSR count). The maximum absolute atomic E-state index is 12.2. The Morgan fingerprint density at radius 3 is 2.58 bits per heavy atom. The van der Waals surface area contributed by atoms with Gasteiger partial charge < -0.3 is 11.1 Å². The minimum atomic E-state index is -0.151. The van der Waals surface area contributed by atoms with Gasteiger partial charge in [0.1, 0.15) is 0 Å². The maximum atomic E-state index is 12.2. The predicted octanol–water partition coefficient (Wildman–Crippen LogP) is 4.65. The van der Waals surface area contributed by atoms with Gasteiger partial charge in [-0.05, 0) is 74.9 Å². The Labute approximate surface area is 141 Å². The topological polar surface area (TPSA) is 55.1 Å². The van der Waals surface area contributed by atoms with Crippen LogP contribution in [-0.2, 0) is 0 Å². The van der Waals surface area contributed by atoms with Crippen molar-refractivity contribution < 1.29 is 4.79 Å². The molecule has 0 fully saturated rings. The summed E-state index contributed by atoms with van der Waals surface area (Å²) >= 11 is 8.83. The zero-order chi connectivity index (χ0) is 14.0.